The van der Waals surface area contributed by atoms with Crippen LogP contribution >= 0.6 is 22.9 Å². The number of anilines is 1. The van der Waals surface area contributed by atoms with Gasteiger partial charge in [0, 0.05) is 17.1 Å². The van der Waals surface area contributed by atoms with E-state index in [9.17, 15) is 9.59 Å². The number of benzene rings is 1. The molecule has 0 radical (unpaired) electrons. The molecule has 0 aliphatic carbocycles. The minimum Gasteiger partial charge on any atom is -0.494 e. The summed E-state index contributed by atoms with van der Waals surface area (Å²) in [7, 11) is 0. The quantitative estimate of drug-likeness (QED) is 0.439. The van der Waals surface area contributed by atoms with Gasteiger partial charge in [0.25, 0.3) is 5.91 Å². The van der Waals surface area contributed by atoms with Crippen molar-refractivity contribution in [1.29, 1.82) is 0 Å². The number of rotatable bonds is 7. The minimum absolute atomic E-state index is 0.0185. The second kappa shape index (κ2) is 9.49. The highest BCUT2D eigenvalue weighted by Gasteiger charge is 2.21. The summed E-state index contributed by atoms with van der Waals surface area (Å²) in [6.07, 6.45) is 0.427. The van der Waals surface area contributed by atoms with E-state index in [-0.39, 0.29) is 10.7 Å². The number of thiazole rings is 1. The average molecular weight is 432 g/mol. The first-order valence-electron chi connectivity index (χ1n) is 8.79. The van der Waals surface area contributed by atoms with E-state index < -0.39 is 18.0 Å². The fraction of sp³-hybridized carbons (Fsp3) is 0.200. The van der Waals surface area contributed by atoms with Gasteiger partial charge >= 0.3 is 5.97 Å². The first-order chi connectivity index (χ1) is 14.0. The van der Waals surface area contributed by atoms with Crippen molar-refractivity contribution in [3.8, 4) is 17.0 Å². The lowest BCUT2D eigenvalue weighted by atomic mass is 10.2. The Morgan fingerprint density at radius 3 is 2.69 bits per heavy atom. The van der Waals surface area contributed by atoms with E-state index in [2.05, 4.69) is 15.3 Å². The fourth-order valence-electron chi connectivity index (χ4n) is 2.38. The van der Waals surface area contributed by atoms with E-state index in [4.69, 9.17) is 21.1 Å². The van der Waals surface area contributed by atoms with Crippen LogP contribution in [0, 0.1) is 0 Å². The van der Waals surface area contributed by atoms with Gasteiger partial charge in [-0.25, -0.2) is 14.8 Å². The molecule has 2 heterocycles. The topological polar surface area (TPSA) is 90.4 Å². The van der Waals surface area contributed by atoms with Crippen molar-refractivity contribution in [2.45, 2.75) is 20.0 Å². The Balaban J connectivity index is 1.60. The zero-order valence-corrected chi connectivity index (χ0v) is 17.3. The number of amides is 1. The zero-order valence-electron chi connectivity index (χ0n) is 15.7. The molecule has 0 saturated heterocycles. The lowest BCUT2D eigenvalue weighted by Gasteiger charge is -2.12. The number of carbonyl (C=O) groups excluding carboxylic acids is 2. The molecule has 0 spiro atoms. The predicted molar refractivity (Wildman–Crippen MR) is 111 cm³/mol. The van der Waals surface area contributed by atoms with E-state index in [0.717, 1.165) is 17.0 Å². The monoisotopic (exact) mass is 431 g/mol. The Morgan fingerprint density at radius 1 is 1.24 bits per heavy atom. The number of nitrogens with one attached hydrogen (secondary N) is 1. The highest BCUT2D eigenvalue weighted by molar-refractivity contribution is 7.14. The highest BCUT2D eigenvalue weighted by Crippen LogP contribution is 2.26. The molecule has 1 amide bonds. The molecule has 0 aliphatic rings. The summed E-state index contributed by atoms with van der Waals surface area (Å²) in [6.45, 7) is 3.99. The number of ether oxygens (including phenoxy) is 2. The van der Waals surface area contributed by atoms with Gasteiger partial charge in [0.2, 0.25) is 0 Å². The normalized spacial score (nSPS) is 11.6. The third-order valence-corrected chi connectivity index (χ3v) is 4.89. The van der Waals surface area contributed by atoms with Crippen LogP contribution in [0.5, 0.6) is 5.75 Å². The molecule has 0 fully saturated rings. The number of esters is 1. The number of halogens is 1. The Bertz CT molecular complexity index is 1010. The van der Waals surface area contributed by atoms with Gasteiger partial charge in [0.1, 0.15) is 10.9 Å². The molecule has 29 heavy (non-hydrogen) atoms. The maximum Gasteiger partial charge on any atom is 0.342 e. The summed E-state index contributed by atoms with van der Waals surface area (Å²) in [5.74, 6) is -0.435. The molecule has 9 heteroatoms. The fourth-order valence-corrected chi connectivity index (χ4v) is 3.29. The van der Waals surface area contributed by atoms with Crippen molar-refractivity contribution >= 4 is 39.9 Å². The number of pyridine rings is 1. The van der Waals surface area contributed by atoms with Crippen molar-refractivity contribution in [3.63, 3.8) is 0 Å². The third-order valence-electron chi connectivity index (χ3n) is 3.83. The van der Waals surface area contributed by atoms with Crippen molar-refractivity contribution in [3.05, 3.63) is 58.7 Å². The van der Waals surface area contributed by atoms with Gasteiger partial charge in [-0.15, -0.1) is 11.3 Å². The molecule has 1 N–H and O–H groups in total. The summed E-state index contributed by atoms with van der Waals surface area (Å²) in [4.78, 5) is 32.7. The maximum atomic E-state index is 12.3. The zero-order chi connectivity index (χ0) is 20.8. The molecule has 1 atom stereocenters. The molecule has 0 aliphatic heterocycles. The third kappa shape index (κ3) is 5.30. The lowest BCUT2D eigenvalue weighted by molar-refractivity contribution is -0.123. The first kappa shape index (κ1) is 20.8. The number of aromatic nitrogens is 2. The predicted octanol–water partition coefficient (Wildman–Crippen LogP) is 4.44. The Hall–Kier alpha value is -2.97. The second-order valence-electron chi connectivity index (χ2n) is 5.87. The maximum absolute atomic E-state index is 12.3. The van der Waals surface area contributed by atoms with Crippen LogP contribution < -0.4 is 10.1 Å². The van der Waals surface area contributed by atoms with Gasteiger partial charge in [-0.1, -0.05) is 11.6 Å². The molecule has 3 rings (SSSR count). The van der Waals surface area contributed by atoms with Crippen molar-refractivity contribution in [2.75, 3.05) is 11.9 Å². The van der Waals surface area contributed by atoms with Crippen LogP contribution in [0.1, 0.15) is 24.2 Å². The van der Waals surface area contributed by atoms with E-state index in [1.54, 1.807) is 6.07 Å². The lowest BCUT2D eigenvalue weighted by Crippen LogP contribution is -2.30. The molecule has 0 bridgehead atoms. The summed E-state index contributed by atoms with van der Waals surface area (Å²) < 4.78 is 10.6. The number of hydrogen-bond donors (Lipinski definition) is 1. The Labute approximate surface area is 176 Å². The van der Waals surface area contributed by atoms with Crippen LogP contribution in [0.15, 0.2) is 48.0 Å². The van der Waals surface area contributed by atoms with Crippen LogP contribution in [-0.4, -0.2) is 34.6 Å². The Morgan fingerprint density at radius 2 is 2.00 bits per heavy atom. The van der Waals surface area contributed by atoms with Crippen LogP contribution in [0.3, 0.4) is 0 Å². The van der Waals surface area contributed by atoms with Crippen molar-refractivity contribution < 1.29 is 19.1 Å². The minimum atomic E-state index is -1.03. The number of nitrogens with zero attached hydrogens (tertiary/aromatic N) is 2. The summed E-state index contributed by atoms with van der Waals surface area (Å²) in [5, 5.41) is 4.91. The van der Waals surface area contributed by atoms with Gasteiger partial charge < -0.3 is 9.47 Å². The molecule has 3 aromatic rings. The van der Waals surface area contributed by atoms with Crippen LogP contribution in [-0.2, 0) is 9.53 Å². The summed E-state index contributed by atoms with van der Waals surface area (Å²) in [5.41, 5.74) is 1.72. The number of carbonyl (C=O) groups is 2. The van der Waals surface area contributed by atoms with Crippen molar-refractivity contribution in [2.24, 2.45) is 0 Å². The molecule has 1 aromatic carbocycles. The molecule has 1 unspecified atom stereocenters. The van der Waals surface area contributed by atoms with Gasteiger partial charge in [-0.2, -0.15) is 0 Å². The van der Waals surface area contributed by atoms with Crippen molar-refractivity contribution in [1.82, 2.24) is 9.97 Å². The summed E-state index contributed by atoms with van der Waals surface area (Å²) in [6, 6.07) is 10.6. The van der Waals surface area contributed by atoms with E-state index in [0.29, 0.717) is 11.7 Å². The number of hydrogen-bond acceptors (Lipinski definition) is 7. The Kier molecular flexibility index (Phi) is 6.79. The second-order valence-corrected chi connectivity index (χ2v) is 7.09. The smallest absolute Gasteiger partial charge is 0.342 e. The molecule has 7 nitrogen and oxygen atoms in total. The van der Waals surface area contributed by atoms with Crippen LogP contribution in [0.4, 0.5) is 5.13 Å². The molecule has 0 saturated carbocycles. The standard InChI is InChI=1S/C20H18ClN3O4S/c1-3-27-14-8-6-13(7-9-14)16-11-29-20(23-16)24-18(25)12(2)28-19(26)15-5-4-10-22-17(15)21/h4-12H,3H2,1-2H3,(H,23,24,25). The van der Waals surface area contributed by atoms with Gasteiger partial charge in [0.05, 0.1) is 17.9 Å². The van der Waals surface area contributed by atoms with E-state index >= 15 is 0 Å². The van der Waals surface area contributed by atoms with E-state index in [1.807, 2.05) is 36.6 Å². The first-order valence-corrected chi connectivity index (χ1v) is 10.0. The molecular formula is C20H18ClN3O4S. The molecule has 2 aromatic heterocycles. The highest BCUT2D eigenvalue weighted by atomic mass is 35.5. The van der Waals surface area contributed by atoms with Gasteiger partial charge in [-0.3, -0.25) is 10.1 Å². The SMILES string of the molecule is CCOc1ccc(-c2csc(NC(=O)C(C)OC(=O)c3cccnc3Cl)n2)cc1. The van der Waals surface area contributed by atoms with Gasteiger partial charge in [0.15, 0.2) is 11.2 Å². The average Bonchev–Trinajstić information content (AvgIpc) is 3.17. The largest absolute Gasteiger partial charge is 0.494 e. The van der Waals surface area contributed by atoms with Crippen LogP contribution in [0.25, 0.3) is 11.3 Å². The summed E-state index contributed by atoms with van der Waals surface area (Å²) >= 11 is 7.15. The van der Waals surface area contributed by atoms with Crippen LogP contribution in [0.2, 0.25) is 5.15 Å². The van der Waals surface area contributed by atoms with E-state index in [1.165, 1.54) is 30.5 Å². The molecular weight excluding hydrogens is 414 g/mol. The molecule has 150 valence electrons. The van der Waals surface area contributed by atoms with Gasteiger partial charge in [-0.05, 0) is 50.2 Å².